The summed E-state index contributed by atoms with van der Waals surface area (Å²) in [5, 5.41) is 11.3. The molecule has 1 aliphatic heterocycles. The maximum Gasteiger partial charge on any atom is 0.260 e. The molecule has 0 saturated carbocycles. The zero-order valence-electron chi connectivity index (χ0n) is 10.8. The van der Waals surface area contributed by atoms with Crippen molar-refractivity contribution in [2.75, 3.05) is 32.7 Å². The molecule has 3 N–H and O–H groups in total. The first-order valence-corrected chi connectivity index (χ1v) is 7.38. The van der Waals surface area contributed by atoms with Crippen molar-refractivity contribution in [2.45, 2.75) is 5.03 Å². The molecule has 0 aliphatic carbocycles. The highest BCUT2D eigenvalue weighted by molar-refractivity contribution is 7.89. The summed E-state index contributed by atoms with van der Waals surface area (Å²) in [5.41, 5.74) is 5.34. The normalized spacial score (nSPS) is 18.6. The number of nitrogens with one attached hydrogen (secondary N) is 1. The van der Waals surface area contributed by atoms with Gasteiger partial charge in [0.1, 0.15) is 5.84 Å². The Labute approximate surface area is 112 Å². The van der Waals surface area contributed by atoms with Crippen LogP contribution < -0.4 is 5.73 Å². The van der Waals surface area contributed by atoms with Crippen molar-refractivity contribution in [1.29, 1.82) is 5.41 Å². The molecular weight excluding hydrogens is 268 g/mol. The number of amidine groups is 1. The molecule has 1 saturated heterocycles. The van der Waals surface area contributed by atoms with Crippen molar-refractivity contribution in [2.24, 2.45) is 12.8 Å². The first-order valence-electron chi connectivity index (χ1n) is 5.94. The van der Waals surface area contributed by atoms with Gasteiger partial charge in [0.2, 0.25) is 0 Å². The molecule has 0 unspecified atom stereocenters. The van der Waals surface area contributed by atoms with Crippen molar-refractivity contribution < 1.29 is 8.42 Å². The van der Waals surface area contributed by atoms with Gasteiger partial charge < -0.3 is 5.73 Å². The first-order chi connectivity index (χ1) is 8.91. The molecule has 8 nitrogen and oxygen atoms in total. The maximum atomic E-state index is 12.4. The standard InChI is InChI=1S/C10H18N6O2S/c1-14-10(2-3-13-14)19(17,18)16-6-4-15(5-7-16)8-9(11)12/h2-3H,4-8H2,1H3,(H3,11,12). The van der Waals surface area contributed by atoms with Crippen LogP contribution in [-0.2, 0) is 17.1 Å². The van der Waals surface area contributed by atoms with Crippen LogP contribution in [0.15, 0.2) is 17.3 Å². The summed E-state index contributed by atoms with van der Waals surface area (Å²) in [6, 6.07) is 1.50. The van der Waals surface area contributed by atoms with Gasteiger partial charge in [-0.1, -0.05) is 0 Å². The minimum atomic E-state index is -3.48. The second-order valence-electron chi connectivity index (χ2n) is 4.50. The lowest BCUT2D eigenvalue weighted by atomic mass is 10.3. The molecule has 0 aromatic carbocycles. The average Bonchev–Trinajstić information content (AvgIpc) is 2.76. The molecule has 0 bridgehead atoms. The van der Waals surface area contributed by atoms with Crippen LogP contribution in [-0.4, -0.2) is 66.0 Å². The van der Waals surface area contributed by atoms with E-state index in [4.69, 9.17) is 11.1 Å². The summed E-state index contributed by atoms with van der Waals surface area (Å²) in [6.45, 7) is 2.36. The molecule has 9 heteroatoms. The Kier molecular flexibility index (Phi) is 3.88. The lowest BCUT2D eigenvalue weighted by molar-refractivity contribution is 0.208. The summed E-state index contributed by atoms with van der Waals surface area (Å²) >= 11 is 0. The molecule has 1 fully saturated rings. The van der Waals surface area contributed by atoms with E-state index in [9.17, 15) is 8.42 Å². The zero-order valence-corrected chi connectivity index (χ0v) is 11.6. The van der Waals surface area contributed by atoms with Gasteiger partial charge in [-0.15, -0.1) is 0 Å². The molecule has 106 valence electrons. The molecular formula is C10H18N6O2S. The molecule has 0 spiro atoms. The Bertz CT molecular complexity index is 558. The Morgan fingerprint density at radius 1 is 1.42 bits per heavy atom. The number of rotatable bonds is 4. The summed E-state index contributed by atoms with van der Waals surface area (Å²) in [7, 11) is -1.87. The van der Waals surface area contributed by atoms with Crippen molar-refractivity contribution in [1.82, 2.24) is 19.0 Å². The zero-order chi connectivity index (χ0) is 14.0. The molecule has 0 amide bonds. The predicted octanol–water partition coefficient (Wildman–Crippen LogP) is -1.34. The third-order valence-corrected chi connectivity index (χ3v) is 5.08. The fourth-order valence-electron chi connectivity index (χ4n) is 2.12. The summed E-state index contributed by atoms with van der Waals surface area (Å²) in [6.07, 6.45) is 1.47. The first kappa shape index (κ1) is 14.0. The monoisotopic (exact) mass is 286 g/mol. The van der Waals surface area contributed by atoms with Gasteiger partial charge in [0.05, 0.1) is 12.7 Å². The molecule has 2 rings (SSSR count). The van der Waals surface area contributed by atoms with Crippen LogP contribution in [0.3, 0.4) is 0 Å². The molecule has 2 heterocycles. The van der Waals surface area contributed by atoms with E-state index >= 15 is 0 Å². The molecule has 1 aromatic heterocycles. The predicted molar refractivity (Wildman–Crippen MR) is 70.3 cm³/mol. The maximum absolute atomic E-state index is 12.4. The molecule has 1 aromatic rings. The summed E-state index contributed by atoms with van der Waals surface area (Å²) in [4.78, 5) is 1.97. The van der Waals surface area contributed by atoms with Crippen LogP contribution >= 0.6 is 0 Å². The van der Waals surface area contributed by atoms with Crippen LogP contribution in [0.4, 0.5) is 0 Å². The molecule has 19 heavy (non-hydrogen) atoms. The van der Waals surface area contributed by atoms with Crippen LogP contribution in [0.5, 0.6) is 0 Å². The highest BCUT2D eigenvalue weighted by atomic mass is 32.2. The van der Waals surface area contributed by atoms with Gasteiger partial charge in [-0.3, -0.25) is 15.0 Å². The van der Waals surface area contributed by atoms with E-state index in [1.165, 1.54) is 21.3 Å². The number of nitrogens with two attached hydrogens (primary N) is 1. The van der Waals surface area contributed by atoms with Crippen LogP contribution in [0.2, 0.25) is 0 Å². The number of aryl methyl sites for hydroxylation is 1. The van der Waals surface area contributed by atoms with Gasteiger partial charge in [-0.25, -0.2) is 8.42 Å². The van der Waals surface area contributed by atoms with Crippen LogP contribution in [0.25, 0.3) is 0 Å². The number of nitrogens with zero attached hydrogens (tertiary/aromatic N) is 4. The van der Waals surface area contributed by atoms with Gasteiger partial charge in [0, 0.05) is 33.2 Å². The number of hydrogen-bond donors (Lipinski definition) is 2. The van der Waals surface area contributed by atoms with E-state index in [0.29, 0.717) is 32.7 Å². The average molecular weight is 286 g/mol. The van der Waals surface area contributed by atoms with Gasteiger partial charge in [0.15, 0.2) is 5.03 Å². The van der Waals surface area contributed by atoms with Crippen molar-refractivity contribution >= 4 is 15.9 Å². The number of sulfonamides is 1. The summed E-state index contributed by atoms with van der Waals surface area (Å²) in [5.74, 6) is 0.0999. The van der Waals surface area contributed by atoms with Crippen molar-refractivity contribution in [3.05, 3.63) is 12.3 Å². The largest absolute Gasteiger partial charge is 0.387 e. The van der Waals surface area contributed by atoms with Gasteiger partial charge >= 0.3 is 0 Å². The van der Waals surface area contributed by atoms with E-state index in [1.54, 1.807) is 7.05 Å². The number of aromatic nitrogens is 2. The second-order valence-corrected chi connectivity index (χ2v) is 6.38. The van der Waals surface area contributed by atoms with Gasteiger partial charge in [-0.05, 0) is 6.07 Å². The molecule has 1 aliphatic rings. The lowest BCUT2D eigenvalue weighted by Crippen LogP contribution is -2.50. The smallest absolute Gasteiger partial charge is 0.260 e. The number of piperazine rings is 1. The van der Waals surface area contributed by atoms with E-state index in [0.717, 1.165) is 0 Å². The fourth-order valence-corrected chi connectivity index (χ4v) is 3.64. The van der Waals surface area contributed by atoms with E-state index < -0.39 is 10.0 Å². The highest BCUT2D eigenvalue weighted by Crippen LogP contribution is 2.16. The quantitative estimate of drug-likeness (QED) is 0.526. The summed E-state index contributed by atoms with van der Waals surface area (Å²) < 4.78 is 27.6. The third kappa shape index (κ3) is 2.94. The lowest BCUT2D eigenvalue weighted by Gasteiger charge is -2.33. The fraction of sp³-hybridized carbons (Fsp3) is 0.600. The van der Waals surface area contributed by atoms with E-state index in [2.05, 4.69) is 5.10 Å². The van der Waals surface area contributed by atoms with E-state index in [-0.39, 0.29) is 10.9 Å². The Hall–Kier alpha value is -1.45. The SMILES string of the molecule is Cn1nccc1S(=O)(=O)N1CCN(CC(=N)N)CC1. The Morgan fingerprint density at radius 2 is 2.05 bits per heavy atom. The Balaban J connectivity index is 2.05. The van der Waals surface area contributed by atoms with E-state index in [1.807, 2.05) is 4.90 Å². The highest BCUT2D eigenvalue weighted by Gasteiger charge is 2.30. The minimum absolute atomic E-state index is 0.0999. The van der Waals surface area contributed by atoms with Gasteiger partial charge in [-0.2, -0.15) is 9.40 Å². The van der Waals surface area contributed by atoms with Gasteiger partial charge in [0.25, 0.3) is 10.0 Å². The number of hydrogen-bond acceptors (Lipinski definition) is 5. The van der Waals surface area contributed by atoms with Crippen molar-refractivity contribution in [3.8, 4) is 0 Å². The second kappa shape index (κ2) is 5.27. The molecule has 0 radical (unpaired) electrons. The van der Waals surface area contributed by atoms with Crippen LogP contribution in [0.1, 0.15) is 0 Å². The van der Waals surface area contributed by atoms with Crippen LogP contribution in [0, 0.1) is 5.41 Å². The minimum Gasteiger partial charge on any atom is -0.387 e. The van der Waals surface area contributed by atoms with Crippen molar-refractivity contribution in [3.63, 3.8) is 0 Å². The third-order valence-electron chi connectivity index (χ3n) is 3.11. The topological polar surface area (TPSA) is 108 Å². The Morgan fingerprint density at radius 3 is 2.53 bits per heavy atom. The molecule has 0 atom stereocenters.